The average molecular weight is 361 g/mol. The monoisotopic (exact) mass is 361 g/mol. The molecule has 0 saturated carbocycles. The van der Waals surface area contributed by atoms with Crippen molar-refractivity contribution in [2.45, 2.75) is 13.1 Å². The molecule has 0 radical (unpaired) electrons. The van der Waals surface area contributed by atoms with Crippen LogP contribution < -0.4 is 5.32 Å². The third-order valence-corrected chi connectivity index (χ3v) is 3.49. The van der Waals surface area contributed by atoms with Gasteiger partial charge in [-0.15, -0.1) is 0 Å². The van der Waals surface area contributed by atoms with E-state index in [1.54, 1.807) is 31.2 Å². The number of para-hydroxylation sites is 2. The van der Waals surface area contributed by atoms with Gasteiger partial charge in [-0.3, -0.25) is 0 Å². The van der Waals surface area contributed by atoms with Crippen LogP contribution in [0, 0.1) is 0 Å². The molecule has 5 nitrogen and oxygen atoms in total. The molecule has 0 unspecified atom stereocenters. The van der Waals surface area contributed by atoms with Crippen LogP contribution in [0.1, 0.15) is 23.0 Å². The minimum atomic E-state index is -4.48. The van der Waals surface area contributed by atoms with Gasteiger partial charge in [0, 0.05) is 5.69 Å². The van der Waals surface area contributed by atoms with Crippen LogP contribution >= 0.6 is 0 Å². The van der Waals surface area contributed by atoms with E-state index in [4.69, 9.17) is 4.74 Å². The molecule has 0 bridgehead atoms. The number of nitrogens with one attached hydrogen (secondary N) is 1. The summed E-state index contributed by atoms with van der Waals surface area (Å²) in [6, 6.07) is 11.5. The molecule has 1 aromatic heterocycles. The Morgan fingerprint density at radius 2 is 1.77 bits per heavy atom. The molecular formula is C18H14F3N3O2. The number of esters is 1. The van der Waals surface area contributed by atoms with Gasteiger partial charge in [-0.05, 0) is 37.3 Å². The van der Waals surface area contributed by atoms with Crippen molar-refractivity contribution in [1.82, 2.24) is 9.97 Å². The average Bonchev–Trinajstić information content (AvgIpc) is 2.61. The molecular weight excluding hydrogens is 347 g/mol. The van der Waals surface area contributed by atoms with E-state index in [0.717, 1.165) is 12.1 Å². The first-order valence-corrected chi connectivity index (χ1v) is 7.76. The Kier molecular flexibility index (Phi) is 4.75. The molecule has 26 heavy (non-hydrogen) atoms. The molecule has 0 saturated heterocycles. The van der Waals surface area contributed by atoms with E-state index < -0.39 is 17.7 Å². The molecule has 3 rings (SSSR count). The van der Waals surface area contributed by atoms with Crippen molar-refractivity contribution in [2.24, 2.45) is 0 Å². The van der Waals surface area contributed by atoms with Gasteiger partial charge in [0.25, 0.3) is 0 Å². The van der Waals surface area contributed by atoms with Crippen LogP contribution in [0.25, 0.3) is 11.0 Å². The minimum absolute atomic E-state index is 0.0291. The van der Waals surface area contributed by atoms with Crippen molar-refractivity contribution < 1.29 is 22.7 Å². The number of hydrogen-bond acceptors (Lipinski definition) is 5. The van der Waals surface area contributed by atoms with Crippen LogP contribution in [0.3, 0.4) is 0 Å². The van der Waals surface area contributed by atoms with Gasteiger partial charge < -0.3 is 10.1 Å². The molecule has 0 atom stereocenters. The normalized spacial score (nSPS) is 11.4. The number of carbonyl (C=O) groups excluding carboxylic acids is 1. The number of fused-ring (bicyclic) bond motifs is 1. The summed E-state index contributed by atoms with van der Waals surface area (Å²) in [4.78, 5) is 20.7. The van der Waals surface area contributed by atoms with Gasteiger partial charge in [-0.2, -0.15) is 13.2 Å². The third kappa shape index (κ3) is 3.74. The Hall–Kier alpha value is -3.16. The number of carbonyl (C=O) groups is 1. The van der Waals surface area contributed by atoms with E-state index >= 15 is 0 Å². The number of ether oxygens (including phenoxy) is 1. The summed E-state index contributed by atoms with van der Waals surface area (Å²) in [6.07, 6.45) is -4.48. The number of aromatic nitrogens is 2. The lowest BCUT2D eigenvalue weighted by atomic mass is 10.2. The molecule has 134 valence electrons. The predicted molar refractivity (Wildman–Crippen MR) is 90.2 cm³/mol. The lowest BCUT2D eigenvalue weighted by Gasteiger charge is -2.13. The van der Waals surface area contributed by atoms with Crippen molar-refractivity contribution in [3.05, 3.63) is 59.8 Å². The topological polar surface area (TPSA) is 64.1 Å². The fraction of sp³-hybridized carbons (Fsp3) is 0.167. The van der Waals surface area contributed by atoms with Gasteiger partial charge in [-0.25, -0.2) is 14.8 Å². The van der Waals surface area contributed by atoms with Crippen LogP contribution in [0.4, 0.5) is 24.7 Å². The lowest BCUT2D eigenvalue weighted by Crippen LogP contribution is -2.12. The Morgan fingerprint density at radius 3 is 2.42 bits per heavy atom. The molecule has 1 heterocycles. The molecule has 0 fully saturated rings. The zero-order chi connectivity index (χ0) is 18.7. The van der Waals surface area contributed by atoms with Gasteiger partial charge in [0.1, 0.15) is 0 Å². The summed E-state index contributed by atoms with van der Waals surface area (Å²) in [6.45, 7) is 1.78. The summed E-state index contributed by atoms with van der Waals surface area (Å²) >= 11 is 0. The molecule has 3 aromatic rings. The van der Waals surface area contributed by atoms with Gasteiger partial charge >= 0.3 is 12.1 Å². The predicted octanol–water partition coefficient (Wildman–Crippen LogP) is 4.57. The SMILES string of the molecule is CCOC(=O)c1nc2ccccc2nc1Nc1cccc(C(F)(F)F)c1. The van der Waals surface area contributed by atoms with Crippen LogP contribution in [0.5, 0.6) is 0 Å². The highest BCUT2D eigenvalue weighted by Gasteiger charge is 2.30. The van der Waals surface area contributed by atoms with E-state index in [9.17, 15) is 18.0 Å². The van der Waals surface area contributed by atoms with E-state index in [2.05, 4.69) is 15.3 Å². The Bertz CT molecular complexity index is 958. The molecule has 0 aliphatic heterocycles. The maximum absolute atomic E-state index is 12.9. The van der Waals surface area contributed by atoms with Crippen LogP contribution in [-0.4, -0.2) is 22.5 Å². The zero-order valence-electron chi connectivity index (χ0n) is 13.7. The third-order valence-electron chi connectivity index (χ3n) is 3.49. The smallest absolute Gasteiger partial charge is 0.416 e. The second kappa shape index (κ2) is 6.99. The van der Waals surface area contributed by atoms with Crippen molar-refractivity contribution in [1.29, 1.82) is 0 Å². The largest absolute Gasteiger partial charge is 0.461 e. The van der Waals surface area contributed by atoms with Crippen LogP contribution in [-0.2, 0) is 10.9 Å². The van der Waals surface area contributed by atoms with Gasteiger partial charge in [-0.1, -0.05) is 18.2 Å². The van der Waals surface area contributed by atoms with Crippen molar-refractivity contribution >= 4 is 28.5 Å². The molecule has 1 N–H and O–H groups in total. The molecule has 8 heteroatoms. The standard InChI is InChI=1S/C18H14F3N3O2/c1-2-26-17(25)15-16(24-14-9-4-3-8-13(14)23-15)22-12-7-5-6-11(10-12)18(19,20)21/h3-10H,2H2,1H3,(H,22,24). The molecule has 0 amide bonds. The number of hydrogen-bond donors (Lipinski definition) is 1. The van der Waals surface area contributed by atoms with Gasteiger partial charge in [0.05, 0.1) is 23.2 Å². The van der Waals surface area contributed by atoms with E-state index in [-0.39, 0.29) is 23.8 Å². The quantitative estimate of drug-likeness (QED) is 0.690. The van der Waals surface area contributed by atoms with Gasteiger partial charge in [0.2, 0.25) is 0 Å². The van der Waals surface area contributed by atoms with Crippen molar-refractivity contribution in [2.75, 3.05) is 11.9 Å². The number of benzene rings is 2. The number of rotatable bonds is 4. The summed E-state index contributed by atoms with van der Waals surface area (Å²) in [5.74, 6) is -0.679. The minimum Gasteiger partial charge on any atom is -0.461 e. The highest BCUT2D eigenvalue weighted by atomic mass is 19.4. The van der Waals surface area contributed by atoms with Crippen LogP contribution in [0.2, 0.25) is 0 Å². The fourth-order valence-electron chi connectivity index (χ4n) is 2.34. The van der Waals surface area contributed by atoms with Crippen LogP contribution in [0.15, 0.2) is 48.5 Å². The molecule has 0 aliphatic rings. The summed E-state index contributed by atoms with van der Waals surface area (Å²) in [5.41, 5.74) is 0.201. The van der Waals surface area contributed by atoms with Gasteiger partial charge in [0.15, 0.2) is 11.5 Å². The summed E-state index contributed by atoms with van der Waals surface area (Å²) in [7, 11) is 0. The second-order valence-electron chi connectivity index (χ2n) is 5.33. The fourth-order valence-corrected chi connectivity index (χ4v) is 2.34. The van der Waals surface area contributed by atoms with E-state index in [1.165, 1.54) is 12.1 Å². The molecule has 0 aliphatic carbocycles. The number of halogens is 3. The summed E-state index contributed by atoms with van der Waals surface area (Å²) in [5, 5.41) is 2.74. The highest BCUT2D eigenvalue weighted by molar-refractivity contribution is 5.96. The van der Waals surface area contributed by atoms with E-state index in [1.807, 2.05) is 0 Å². The first-order chi connectivity index (χ1) is 12.4. The Morgan fingerprint density at radius 1 is 1.08 bits per heavy atom. The number of anilines is 2. The van der Waals surface area contributed by atoms with Crippen molar-refractivity contribution in [3.8, 4) is 0 Å². The molecule has 2 aromatic carbocycles. The number of nitrogens with zero attached hydrogens (tertiary/aromatic N) is 2. The molecule has 0 spiro atoms. The van der Waals surface area contributed by atoms with Crippen molar-refractivity contribution in [3.63, 3.8) is 0 Å². The number of alkyl halides is 3. The summed E-state index contributed by atoms with van der Waals surface area (Å²) < 4.78 is 43.7. The first kappa shape index (κ1) is 17.7. The maximum atomic E-state index is 12.9. The first-order valence-electron chi connectivity index (χ1n) is 7.76. The lowest BCUT2D eigenvalue weighted by molar-refractivity contribution is -0.137. The highest BCUT2D eigenvalue weighted by Crippen LogP contribution is 2.31. The Balaban J connectivity index is 2.05. The maximum Gasteiger partial charge on any atom is 0.416 e. The zero-order valence-corrected chi connectivity index (χ0v) is 13.7. The second-order valence-corrected chi connectivity index (χ2v) is 5.33. The van der Waals surface area contributed by atoms with E-state index in [0.29, 0.717) is 11.0 Å². The Labute approximate surface area is 146 Å².